The summed E-state index contributed by atoms with van der Waals surface area (Å²) in [5.74, 6) is -1.51. The zero-order chi connectivity index (χ0) is 14.7. The average Bonchev–Trinajstić information content (AvgIpc) is 2.39. The van der Waals surface area contributed by atoms with Gasteiger partial charge in [-0.3, -0.25) is 0 Å². The minimum Gasteiger partial charge on any atom is -0.388 e. The molecule has 20 heavy (non-hydrogen) atoms. The van der Waals surface area contributed by atoms with Crippen molar-refractivity contribution in [1.82, 2.24) is 0 Å². The fourth-order valence-corrected chi connectivity index (χ4v) is 2.48. The Morgan fingerprint density at radius 3 is 2.50 bits per heavy atom. The molecule has 0 bridgehead atoms. The summed E-state index contributed by atoms with van der Waals surface area (Å²) in [4.78, 5) is 0. The molecule has 0 heterocycles. The second kappa shape index (κ2) is 6.43. The first-order chi connectivity index (χ1) is 9.52. The molecular formula is C15H14BrF2NO. The van der Waals surface area contributed by atoms with Crippen molar-refractivity contribution in [3.63, 3.8) is 0 Å². The molecule has 0 aliphatic heterocycles. The van der Waals surface area contributed by atoms with Crippen LogP contribution in [-0.4, -0.2) is 11.7 Å². The van der Waals surface area contributed by atoms with Crippen molar-refractivity contribution in [2.45, 2.75) is 12.0 Å². The van der Waals surface area contributed by atoms with Gasteiger partial charge in [-0.1, -0.05) is 34.1 Å². The standard InChI is InChI=1S/C15H14BrF2NO/c16-10-4-5-12(14(18)7-10)15(20)13(8-19)9-2-1-3-11(17)6-9/h1-7,13,15,20H,8,19H2. The topological polar surface area (TPSA) is 46.2 Å². The highest BCUT2D eigenvalue weighted by molar-refractivity contribution is 9.10. The summed E-state index contributed by atoms with van der Waals surface area (Å²) in [5.41, 5.74) is 6.35. The maximum absolute atomic E-state index is 13.9. The largest absolute Gasteiger partial charge is 0.388 e. The summed E-state index contributed by atoms with van der Waals surface area (Å²) in [6, 6.07) is 10.2. The van der Waals surface area contributed by atoms with Gasteiger partial charge in [-0.15, -0.1) is 0 Å². The second-order valence-electron chi connectivity index (χ2n) is 4.51. The van der Waals surface area contributed by atoms with E-state index in [1.807, 2.05) is 0 Å². The van der Waals surface area contributed by atoms with Crippen LogP contribution in [0.2, 0.25) is 0 Å². The molecule has 0 radical (unpaired) electrons. The third-order valence-electron chi connectivity index (χ3n) is 3.19. The zero-order valence-electron chi connectivity index (χ0n) is 10.6. The molecular weight excluding hydrogens is 328 g/mol. The highest BCUT2D eigenvalue weighted by Crippen LogP contribution is 2.32. The Kier molecular flexibility index (Phi) is 4.86. The first-order valence-corrected chi connectivity index (χ1v) is 6.90. The number of aliphatic hydroxyl groups is 1. The summed E-state index contributed by atoms with van der Waals surface area (Å²) in [7, 11) is 0. The van der Waals surface area contributed by atoms with E-state index in [-0.39, 0.29) is 12.1 Å². The SMILES string of the molecule is NCC(c1cccc(F)c1)C(O)c1ccc(Br)cc1F. The summed E-state index contributed by atoms with van der Waals surface area (Å²) < 4.78 is 27.7. The van der Waals surface area contributed by atoms with Gasteiger partial charge in [0.15, 0.2) is 0 Å². The van der Waals surface area contributed by atoms with Crippen LogP contribution in [0.25, 0.3) is 0 Å². The Morgan fingerprint density at radius 1 is 1.15 bits per heavy atom. The van der Waals surface area contributed by atoms with E-state index in [0.717, 1.165) is 0 Å². The average molecular weight is 342 g/mol. The number of hydrogen-bond donors (Lipinski definition) is 2. The fourth-order valence-electron chi connectivity index (χ4n) is 2.14. The number of rotatable bonds is 4. The zero-order valence-corrected chi connectivity index (χ0v) is 12.1. The molecule has 0 aromatic heterocycles. The normalized spacial score (nSPS) is 14.1. The van der Waals surface area contributed by atoms with E-state index in [0.29, 0.717) is 10.0 Å². The molecule has 3 N–H and O–H groups in total. The number of nitrogens with two attached hydrogens (primary N) is 1. The van der Waals surface area contributed by atoms with Crippen LogP contribution in [0.3, 0.4) is 0 Å². The lowest BCUT2D eigenvalue weighted by molar-refractivity contribution is 0.143. The van der Waals surface area contributed by atoms with E-state index < -0.39 is 23.7 Å². The van der Waals surface area contributed by atoms with E-state index in [1.54, 1.807) is 12.1 Å². The van der Waals surface area contributed by atoms with Gasteiger partial charge >= 0.3 is 0 Å². The van der Waals surface area contributed by atoms with Crippen LogP contribution >= 0.6 is 15.9 Å². The second-order valence-corrected chi connectivity index (χ2v) is 5.42. The van der Waals surface area contributed by atoms with Crippen LogP contribution in [0, 0.1) is 11.6 Å². The van der Waals surface area contributed by atoms with Crippen LogP contribution in [0.15, 0.2) is 46.9 Å². The molecule has 0 amide bonds. The minimum atomic E-state index is -1.13. The van der Waals surface area contributed by atoms with Crippen LogP contribution < -0.4 is 5.73 Å². The van der Waals surface area contributed by atoms with Gasteiger partial charge in [0, 0.05) is 22.5 Å². The molecule has 5 heteroatoms. The van der Waals surface area contributed by atoms with E-state index in [1.165, 1.54) is 30.3 Å². The lowest BCUT2D eigenvalue weighted by Crippen LogP contribution is -2.21. The smallest absolute Gasteiger partial charge is 0.130 e. The molecule has 0 saturated heterocycles. The molecule has 0 saturated carbocycles. The first kappa shape index (κ1) is 15.1. The van der Waals surface area contributed by atoms with Gasteiger partial charge in [-0.2, -0.15) is 0 Å². The van der Waals surface area contributed by atoms with E-state index in [2.05, 4.69) is 15.9 Å². The molecule has 2 aromatic rings. The monoisotopic (exact) mass is 341 g/mol. The van der Waals surface area contributed by atoms with Gasteiger partial charge in [0.2, 0.25) is 0 Å². The summed E-state index contributed by atoms with van der Waals surface area (Å²) in [6.07, 6.45) is -1.13. The predicted molar refractivity (Wildman–Crippen MR) is 77.3 cm³/mol. The van der Waals surface area contributed by atoms with Crippen molar-refractivity contribution in [1.29, 1.82) is 0 Å². The third-order valence-corrected chi connectivity index (χ3v) is 3.69. The quantitative estimate of drug-likeness (QED) is 0.893. The maximum Gasteiger partial charge on any atom is 0.130 e. The molecule has 0 aliphatic rings. The Bertz CT molecular complexity index is 606. The number of aliphatic hydroxyl groups excluding tert-OH is 1. The summed E-state index contributed by atoms with van der Waals surface area (Å²) >= 11 is 3.16. The van der Waals surface area contributed by atoms with Gasteiger partial charge in [0.1, 0.15) is 11.6 Å². The Labute approximate surface area is 124 Å². The highest BCUT2D eigenvalue weighted by atomic mass is 79.9. The van der Waals surface area contributed by atoms with Crippen LogP contribution in [-0.2, 0) is 0 Å². The predicted octanol–water partition coefficient (Wildman–Crippen LogP) is 3.50. The first-order valence-electron chi connectivity index (χ1n) is 6.11. The van der Waals surface area contributed by atoms with Crippen LogP contribution in [0.5, 0.6) is 0 Å². The number of halogens is 3. The lowest BCUT2D eigenvalue weighted by Gasteiger charge is -2.22. The third kappa shape index (κ3) is 3.23. The van der Waals surface area contributed by atoms with Crippen molar-refractivity contribution in [3.05, 3.63) is 69.7 Å². The number of hydrogen-bond acceptors (Lipinski definition) is 2. The molecule has 2 atom stereocenters. The fraction of sp³-hybridized carbons (Fsp3) is 0.200. The molecule has 2 rings (SSSR count). The van der Waals surface area contributed by atoms with Gasteiger partial charge in [-0.25, -0.2) is 8.78 Å². The molecule has 106 valence electrons. The van der Waals surface area contributed by atoms with Crippen molar-refractivity contribution in [2.75, 3.05) is 6.54 Å². The summed E-state index contributed by atoms with van der Waals surface area (Å²) in [5, 5.41) is 10.3. The minimum absolute atomic E-state index is 0.0835. The van der Waals surface area contributed by atoms with Crippen molar-refractivity contribution >= 4 is 15.9 Å². The van der Waals surface area contributed by atoms with Crippen molar-refractivity contribution in [2.24, 2.45) is 5.73 Å². The van der Waals surface area contributed by atoms with E-state index >= 15 is 0 Å². The van der Waals surface area contributed by atoms with Crippen LogP contribution in [0.1, 0.15) is 23.1 Å². The van der Waals surface area contributed by atoms with Gasteiger partial charge in [-0.05, 0) is 29.8 Å². The highest BCUT2D eigenvalue weighted by Gasteiger charge is 2.24. The van der Waals surface area contributed by atoms with Gasteiger partial charge in [0.25, 0.3) is 0 Å². The Hall–Kier alpha value is -1.30. The Balaban J connectivity index is 2.36. The molecule has 2 unspecified atom stereocenters. The van der Waals surface area contributed by atoms with E-state index in [9.17, 15) is 13.9 Å². The van der Waals surface area contributed by atoms with E-state index in [4.69, 9.17) is 5.73 Å². The van der Waals surface area contributed by atoms with Crippen molar-refractivity contribution in [3.8, 4) is 0 Å². The molecule has 0 aliphatic carbocycles. The van der Waals surface area contributed by atoms with Gasteiger partial charge < -0.3 is 10.8 Å². The lowest BCUT2D eigenvalue weighted by atomic mass is 9.89. The molecule has 0 spiro atoms. The number of benzene rings is 2. The van der Waals surface area contributed by atoms with Crippen LogP contribution in [0.4, 0.5) is 8.78 Å². The summed E-state index contributed by atoms with van der Waals surface area (Å²) in [6.45, 7) is 0.0835. The van der Waals surface area contributed by atoms with Crippen molar-refractivity contribution < 1.29 is 13.9 Å². The molecule has 2 nitrogen and oxygen atoms in total. The Morgan fingerprint density at radius 2 is 1.90 bits per heavy atom. The maximum atomic E-state index is 13.9. The van der Waals surface area contributed by atoms with Gasteiger partial charge in [0.05, 0.1) is 6.10 Å². The molecule has 2 aromatic carbocycles. The molecule has 0 fully saturated rings.